The lowest BCUT2D eigenvalue weighted by Gasteiger charge is -2.26. The van der Waals surface area contributed by atoms with Crippen LogP contribution < -0.4 is 5.32 Å². The molecular formula is C22H24Cl2N4O3. The van der Waals surface area contributed by atoms with Crippen molar-refractivity contribution >= 4 is 29.1 Å². The molecule has 0 spiro atoms. The molecule has 9 heteroatoms. The van der Waals surface area contributed by atoms with Crippen LogP contribution in [0.2, 0.25) is 10.0 Å². The molecule has 0 unspecified atom stereocenters. The Morgan fingerprint density at radius 3 is 2.65 bits per heavy atom. The molecule has 3 heterocycles. The molecule has 1 amide bonds. The maximum atomic E-state index is 13.0. The van der Waals surface area contributed by atoms with Crippen molar-refractivity contribution in [1.29, 1.82) is 0 Å². The number of nitrogens with one attached hydrogen (secondary N) is 1. The maximum Gasteiger partial charge on any atom is 0.270 e. The van der Waals surface area contributed by atoms with Crippen LogP contribution in [0.15, 0.2) is 40.8 Å². The van der Waals surface area contributed by atoms with Crippen LogP contribution in [0.5, 0.6) is 0 Å². The van der Waals surface area contributed by atoms with Gasteiger partial charge in [0.2, 0.25) is 0 Å². The summed E-state index contributed by atoms with van der Waals surface area (Å²) in [7, 11) is 0. The second kappa shape index (κ2) is 9.87. The number of aryl methyl sites for hydroxylation is 1. The molecule has 0 bridgehead atoms. The third kappa shape index (κ3) is 5.30. The van der Waals surface area contributed by atoms with Gasteiger partial charge >= 0.3 is 0 Å². The monoisotopic (exact) mass is 462 g/mol. The van der Waals surface area contributed by atoms with Gasteiger partial charge in [-0.15, -0.1) is 0 Å². The van der Waals surface area contributed by atoms with Gasteiger partial charge in [0.25, 0.3) is 5.91 Å². The number of carbonyl (C=O) groups excluding carboxylic acids is 1. The smallest absolute Gasteiger partial charge is 0.270 e. The number of nitrogens with zero attached hydrogens (tertiary/aromatic N) is 3. The minimum absolute atomic E-state index is 0.213. The number of halogens is 2. The van der Waals surface area contributed by atoms with Crippen LogP contribution in [-0.2, 0) is 4.74 Å². The molecule has 2 aromatic heterocycles. The normalized spacial score (nSPS) is 14.7. The predicted octanol–water partition coefficient (Wildman–Crippen LogP) is 4.20. The predicted molar refractivity (Wildman–Crippen MR) is 120 cm³/mol. The number of aromatic nitrogens is 2. The molecule has 1 N–H and O–H groups in total. The largest absolute Gasteiger partial charge is 0.460 e. The highest BCUT2D eigenvalue weighted by atomic mass is 35.5. The van der Waals surface area contributed by atoms with Crippen molar-refractivity contribution < 1.29 is 13.9 Å². The summed E-state index contributed by atoms with van der Waals surface area (Å²) < 4.78 is 12.6. The number of rotatable bonds is 7. The number of hydrogen-bond acceptors (Lipinski definition) is 5. The Hall–Kier alpha value is -2.32. The van der Waals surface area contributed by atoms with Crippen LogP contribution in [0.25, 0.3) is 17.1 Å². The van der Waals surface area contributed by atoms with E-state index in [1.165, 1.54) is 0 Å². The lowest BCUT2D eigenvalue weighted by Crippen LogP contribution is -2.38. The van der Waals surface area contributed by atoms with Crippen molar-refractivity contribution in [3.05, 3.63) is 57.9 Å². The molecule has 0 atom stereocenters. The van der Waals surface area contributed by atoms with E-state index in [4.69, 9.17) is 32.4 Å². The minimum Gasteiger partial charge on any atom is -0.460 e. The molecule has 164 valence electrons. The van der Waals surface area contributed by atoms with Gasteiger partial charge in [0.1, 0.15) is 17.1 Å². The Morgan fingerprint density at radius 1 is 1.13 bits per heavy atom. The third-order valence-electron chi connectivity index (χ3n) is 5.12. The average molecular weight is 463 g/mol. The number of furan rings is 1. The van der Waals surface area contributed by atoms with Crippen LogP contribution in [0, 0.1) is 6.92 Å². The SMILES string of the molecule is Cc1ccc(-c2cc(C(=O)NCCCN3CCOCC3)n(-c3ccc(Cl)c(Cl)c3)n2)o1. The summed E-state index contributed by atoms with van der Waals surface area (Å²) in [5.41, 5.74) is 1.61. The van der Waals surface area contributed by atoms with Crippen LogP contribution >= 0.6 is 23.2 Å². The Balaban J connectivity index is 1.52. The molecule has 3 aromatic rings. The summed E-state index contributed by atoms with van der Waals surface area (Å²) in [4.78, 5) is 15.3. The third-order valence-corrected chi connectivity index (χ3v) is 5.86. The number of hydrogen-bond donors (Lipinski definition) is 1. The van der Waals surface area contributed by atoms with Crippen LogP contribution in [-0.4, -0.2) is 60.0 Å². The summed E-state index contributed by atoms with van der Waals surface area (Å²) in [5, 5.41) is 8.42. The number of ether oxygens (including phenoxy) is 1. The molecule has 1 aromatic carbocycles. The van der Waals surface area contributed by atoms with E-state index >= 15 is 0 Å². The minimum atomic E-state index is -0.213. The zero-order valence-electron chi connectivity index (χ0n) is 17.2. The Morgan fingerprint density at radius 2 is 1.94 bits per heavy atom. The highest BCUT2D eigenvalue weighted by molar-refractivity contribution is 6.42. The molecule has 0 aliphatic carbocycles. The van der Waals surface area contributed by atoms with E-state index in [2.05, 4.69) is 15.3 Å². The number of benzene rings is 1. The molecule has 1 aliphatic heterocycles. The van der Waals surface area contributed by atoms with E-state index in [-0.39, 0.29) is 5.91 Å². The summed E-state index contributed by atoms with van der Waals surface area (Å²) in [6, 6.07) is 10.6. The second-order valence-electron chi connectivity index (χ2n) is 7.40. The number of carbonyl (C=O) groups is 1. The molecule has 7 nitrogen and oxygen atoms in total. The lowest BCUT2D eigenvalue weighted by atomic mass is 10.2. The molecule has 4 rings (SSSR count). The topological polar surface area (TPSA) is 72.5 Å². The van der Waals surface area contributed by atoms with Crippen LogP contribution in [0.3, 0.4) is 0 Å². The zero-order chi connectivity index (χ0) is 21.8. The van der Waals surface area contributed by atoms with Crippen molar-refractivity contribution in [1.82, 2.24) is 20.0 Å². The van der Waals surface area contributed by atoms with E-state index in [1.807, 2.05) is 19.1 Å². The van der Waals surface area contributed by atoms with Gasteiger partial charge in [0.15, 0.2) is 5.76 Å². The van der Waals surface area contributed by atoms with Crippen molar-refractivity contribution in [3.8, 4) is 17.1 Å². The van der Waals surface area contributed by atoms with Gasteiger partial charge < -0.3 is 14.5 Å². The molecule has 1 saturated heterocycles. The first-order valence-electron chi connectivity index (χ1n) is 10.2. The molecular weight excluding hydrogens is 439 g/mol. The van der Waals surface area contributed by atoms with Crippen LogP contribution in [0.1, 0.15) is 22.7 Å². The summed E-state index contributed by atoms with van der Waals surface area (Å²) in [5.74, 6) is 1.15. The van der Waals surface area contributed by atoms with E-state index in [0.717, 1.165) is 45.0 Å². The standard InChI is InChI=1S/C22H24Cl2N4O3/c1-15-3-6-21(31-15)19-14-20(28(26-19)16-4-5-17(23)18(24)13-16)22(29)25-7-2-8-27-9-11-30-12-10-27/h3-6,13-14H,2,7-12H2,1H3,(H,25,29). The summed E-state index contributed by atoms with van der Waals surface area (Å²) in [6.07, 6.45) is 0.858. The van der Waals surface area contributed by atoms with Gasteiger partial charge in [-0.3, -0.25) is 9.69 Å². The maximum absolute atomic E-state index is 13.0. The first-order valence-corrected chi connectivity index (χ1v) is 11.0. The van der Waals surface area contributed by atoms with Gasteiger partial charge in [-0.2, -0.15) is 5.10 Å². The fraction of sp³-hybridized carbons (Fsp3) is 0.364. The Bertz CT molecular complexity index is 1060. The molecule has 0 radical (unpaired) electrons. The van der Waals surface area contributed by atoms with E-state index in [1.54, 1.807) is 28.9 Å². The number of morpholine rings is 1. The molecule has 31 heavy (non-hydrogen) atoms. The van der Waals surface area contributed by atoms with Gasteiger partial charge in [0, 0.05) is 25.7 Å². The highest BCUT2D eigenvalue weighted by Gasteiger charge is 2.20. The quantitative estimate of drug-likeness (QED) is 0.532. The van der Waals surface area contributed by atoms with Crippen molar-refractivity contribution in [3.63, 3.8) is 0 Å². The molecule has 1 fully saturated rings. The van der Waals surface area contributed by atoms with Crippen LogP contribution in [0.4, 0.5) is 0 Å². The Kier molecular flexibility index (Phi) is 6.97. The fourth-order valence-electron chi connectivity index (χ4n) is 3.47. The van der Waals surface area contributed by atoms with Crippen molar-refractivity contribution in [2.24, 2.45) is 0 Å². The van der Waals surface area contributed by atoms with Gasteiger partial charge in [-0.25, -0.2) is 4.68 Å². The van der Waals surface area contributed by atoms with E-state index < -0.39 is 0 Å². The van der Waals surface area contributed by atoms with E-state index in [0.29, 0.717) is 39.4 Å². The first-order chi connectivity index (χ1) is 15.0. The second-order valence-corrected chi connectivity index (χ2v) is 8.21. The summed E-state index contributed by atoms with van der Waals surface area (Å²) in [6.45, 7) is 6.76. The summed E-state index contributed by atoms with van der Waals surface area (Å²) >= 11 is 12.2. The Labute approximate surface area is 190 Å². The van der Waals surface area contributed by atoms with Crippen molar-refractivity contribution in [2.45, 2.75) is 13.3 Å². The van der Waals surface area contributed by atoms with Gasteiger partial charge in [-0.05, 0) is 50.2 Å². The first kappa shape index (κ1) is 21.9. The highest BCUT2D eigenvalue weighted by Crippen LogP contribution is 2.27. The molecule has 1 aliphatic rings. The molecule has 0 saturated carbocycles. The fourth-order valence-corrected chi connectivity index (χ4v) is 3.76. The number of amides is 1. The van der Waals surface area contributed by atoms with Gasteiger partial charge in [0.05, 0.1) is 28.9 Å². The van der Waals surface area contributed by atoms with Crippen molar-refractivity contribution in [2.75, 3.05) is 39.4 Å². The zero-order valence-corrected chi connectivity index (χ0v) is 18.7. The van der Waals surface area contributed by atoms with Gasteiger partial charge in [-0.1, -0.05) is 23.2 Å². The van der Waals surface area contributed by atoms with E-state index in [9.17, 15) is 4.79 Å². The average Bonchev–Trinajstić information content (AvgIpc) is 3.40. The lowest BCUT2D eigenvalue weighted by molar-refractivity contribution is 0.0374.